The lowest BCUT2D eigenvalue weighted by molar-refractivity contribution is 0.345. The van der Waals surface area contributed by atoms with Crippen molar-refractivity contribution < 1.29 is 18.9 Å². The van der Waals surface area contributed by atoms with Crippen LogP contribution in [-0.2, 0) is 0 Å². The summed E-state index contributed by atoms with van der Waals surface area (Å²) in [5, 5.41) is 0. The molecule has 20 heavy (non-hydrogen) atoms. The number of benzene rings is 2. The molecule has 0 radical (unpaired) electrons. The summed E-state index contributed by atoms with van der Waals surface area (Å²) in [6, 6.07) is 10.6. The van der Waals surface area contributed by atoms with E-state index in [1.807, 2.05) is 6.07 Å². The van der Waals surface area contributed by atoms with E-state index in [4.69, 9.17) is 24.7 Å². The van der Waals surface area contributed by atoms with Crippen LogP contribution >= 0.6 is 0 Å². The van der Waals surface area contributed by atoms with Crippen LogP contribution in [0.3, 0.4) is 0 Å². The maximum Gasteiger partial charge on any atom is 0.210 e. The van der Waals surface area contributed by atoms with E-state index in [9.17, 15) is 0 Å². The molecule has 0 heterocycles. The van der Waals surface area contributed by atoms with Crippen molar-refractivity contribution in [2.75, 3.05) is 27.1 Å². The first kappa shape index (κ1) is 13.9. The van der Waals surface area contributed by atoms with Gasteiger partial charge in [-0.15, -0.1) is 0 Å². The van der Waals surface area contributed by atoms with Crippen LogP contribution in [-0.4, -0.2) is 21.3 Å². The number of nitrogen functional groups attached to an aromatic ring is 1. The third kappa shape index (κ3) is 2.88. The van der Waals surface area contributed by atoms with Crippen molar-refractivity contribution in [2.45, 2.75) is 0 Å². The van der Waals surface area contributed by atoms with Crippen LogP contribution in [0.15, 0.2) is 36.4 Å². The van der Waals surface area contributed by atoms with Gasteiger partial charge in [0.25, 0.3) is 0 Å². The van der Waals surface area contributed by atoms with Crippen molar-refractivity contribution >= 4 is 5.69 Å². The number of ether oxygens (including phenoxy) is 4. The zero-order valence-corrected chi connectivity index (χ0v) is 11.7. The smallest absolute Gasteiger partial charge is 0.210 e. The highest BCUT2D eigenvalue weighted by atomic mass is 16.5. The molecule has 0 aromatic heterocycles. The Balaban J connectivity index is 2.41. The minimum atomic E-state index is 0.491. The minimum absolute atomic E-state index is 0.491. The highest BCUT2D eigenvalue weighted by Gasteiger charge is 2.13. The molecular weight excluding hydrogens is 258 g/mol. The first-order chi connectivity index (χ1) is 9.67. The van der Waals surface area contributed by atoms with Gasteiger partial charge in [-0.25, -0.2) is 0 Å². The third-order valence-corrected chi connectivity index (χ3v) is 2.74. The first-order valence-electron chi connectivity index (χ1n) is 6.01. The highest BCUT2D eigenvalue weighted by molar-refractivity contribution is 5.56. The molecule has 0 atom stereocenters. The van der Waals surface area contributed by atoms with Crippen molar-refractivity contribution in [1.29, 1.82) is 0 Å². The molecule has 0 bridgehead atoms. The second kappa shape index (κ2) is 6.06. The lowest BCUT2D eigenvalue weighted by Crippen LogP contribution is -1.96. The molecule has 5 heteroatoms. The third-order valence-electron chi connectivity index (χ3n) is 2.74. The Morgan fingerprint density at radius 2 is 1.40 bits per heavy atom. The Morgan fingerprint density at radius 3 is 1.95 bits per heavy atom. The zero-order valence-electron chi connectivity index (χ0n) is 11.7. The van der Waals surface area contributed by atoms with Gasteiger partial charge in [0.2, 0.25) is 5.75 Å². The molecule has 0 aliphatic carbocycles. The predicted molar refractivity (Wildman–Crippen MR) is 77.0 cm³/mol. The van der Waals surface area contributed by atoms with Crippen molar-refractivity contribution in [3.63, 3.8) is 0 Å². The van der Waals surface area contributed by atoms with Gasteiger partial charge in [-0.1, -0.05) is 6.07 Å². The topological polar surface area (TPSA) is 62.9 Å². The zero-order chi connectivity index (χ0) is 14.5. The first-order valence-corrected chi connectivity index (χ1v) is 6.01. The van der Waals surface area contributed by atoms with Gasteiger partial charge in [-0.3, -0.25) is 0 Å². The van der Waals surface area contributed by atoms with Crippen LogP contribution in [0.25, 0.3) is 0 Å². The molecule has 0 saturated heterocycles. The van der Waals surface area contributed by atoms with Crippen molar-refractivity contribution in [2.24, 2.45) is 0 Å². The summed E-state index contributed by atoms with van der Waals surface area (Å²) >= 11 is 0. The molecule has 0 fully saturated rings. The molecule has 0 spiro atoms. The van der Waals surface area contributed by atoms with E-state index in [1.54, 1.807) is 51.7 Å². The van der Waals surface area contributed by atoms with Gasteiger partial charge < -0.3 is 24.7 Å². The standard InChI is InChI=1S/C15H17NO4/c1-17-11-7-10(16)8-12(9-11)20-15-13(18-2)5-4-6-14(15)19-3/h4-9H,16H2,1-3H3. The maximum absolute atomic E-state index is 5.84. The molecular formula is C15H17NO4. The second-order valence-corrected chi connectivity index (χ2v) is 4.04. The van der Waals surface area contributed by atoms with Gasteiger partial charge in [-0.05, 0) is 12.1 Å². The Hall–Kier alpha value is -2.56. The summed E-state index contributed by atoms with van der Waals surface area (Å²) in [5.74, 6) is 2.81. The molecule has 2 aromatic carbocycles. The molecule has 2 aromatic rings. The van der Waals surface area contributed by atoms with Crippen molar-refractivity contribution in [1.82, 2.24) is 0 Å². The Morgan fingerprint density at radius 1 is 0.800 bits per heavy atom. The number of para-hydroxylation sites is 1. The van der Waals surface area contributed by atoms with Gasteiger partial charge in [0.15, 0.2) is 11.5 Å². The Bertz CT molecular complexity index is 576. The minimum Gasteiger partial charge on any atom is -0.497 e. The molecule has 0 amide bonds. The monoisotopic (exact) mass is 275 g/mol. The van der Waals surface area contributed by atoms with Crippen LogP contribution in [0.4, 0.5) is 5.69 Å². The fraction of sp³-hybridized carbons (Fsp3) is 0.200. The van der Waals surface area contributed by atoms with E-state index in [-0.39, 0.29) is 0 Å². The van der Waals surface area contributed by atoms with E-state index in [1.165, 1.54) is 0 Å². The van der Waals surface area contributed by atoms with Crippen LogP contribution in [0.1, 0.15) is 0 Å². The number of nitrogens with two attached hydrogens (primary N) is 1. The fourth-order valence-electron chi connectivity index (χ4n) is 1.81. The summed E-state index contributed by atoms with van der Waals surface area (Å²) in [5.41, 5.74) is 6.36. The predicted octanol–water partition coefficient (Wildman–Crippen LogP) is 3.09. The van der Waals surface area contributed by atoms with E-state index in [2.05, 4.69) is 0 Å². The average molecular weight is 275 g/mol. The summed E-state index contributed by atoms with van der Waals surface area (Å²) in [7, 11) is 4.71. The van der Waals surface area contributed by atoms with Crippen LogP contribution in [0, 0.1) is 0 Å². The number of rotatable bonds is 5. The number of hydrogen-bond donors (Lipinski definition) is 1. The molecule has 0 saturated carbocycles. The molecule has 106 valence electrons. The van der Waals surface area contributed by atoms with E-state index >= 15 is 0 Å². The van der Waals surface area contributed by atoms with E-state index in [0.717, 1.165) is 0 Å². The summed E-state index contributed by atoms with van der Waals surface area (Å²) in [6.45, 7) is 0. The summed E-state index contributed by atoms with van der Waals surface area (Å²) in [4.78, 5) is 0. The quantitative estimate of drug-likeness (QED) is 0.849. The van der Waals surface area contributed by atoms with E-state index < -0.39 is 0 Å². The van der Waals surface area contributed by atoms with Crippen LogP contribution in [0.2, 0.25) is 0 Å². The molecule has 2 rings (SSSR count). The lowest BCUT2D eigenvalue weighted by Gasteiger charge is -2.14. The van der Waals surface area contributed by atoms with Crippen molar-refractivity contribution in [3.8, 4) is 28.7 Å². The van der Waals surface area contributed by atoms with Gasteiger partial charge in [0, 0.05) is 23.9 Å². The highest BCUT2D eigenvalue weighted by Crippen LogP contribution is 2.40. The largest absolute Gasteiger partial charge is 0.497 e. The normalized spacial score (nSPS) is 9.95. The summed E-state index contributed by atoms with van der Waals surface area (Å²) < 4.78 is 21.6. The SMILES string of the molecule is COc1cc(N)cc(Oc2c(OC)cccc2OC)c1. The molecule has 0 unspecified atom stereocenters. The van der Waals surface area contributed by atoms with Crippen molar-refractivity contribution in [3.05, 3.63) is 36.4 Å². The van der Waals surface area contributed by atoms with Gasteiger partial charge in [0.1, 0.15) is 11.5 Å². The lowest BCUT2D eigenvalue weighted by atomic mass is 10.2. The number of anilines is 1. The fourth-order valence-corrected chi connectivity index (χ4v) is 1.81. The average Bonchev–Trinajstić information content (AvgIpc) is 2.46. The number of hydrogen-bond acceptors (Lipinski definition) is 5. The maximum atomic E-state index is 5.84. The van der Waals surface area contributed by atoms with Crippen LogP contribution < -0.4 is 24.7 Å². The summed E-state index contributed by atoms with van der Waals surface area (Å²) in [6.07, 6.45) is 0. The van der Waals surface area contributed by atoms with Gasteiger partial charge >= 0.3 is 0 Å². The molecule has 2 N–H and O–H groups in total. The Labute approximate surface area is 117 Å². The molecule has 0 aliphatic heterocycles. The Kier molecular flexibility index (Phi) is 4.20. The molecule has 0 aliphatic rings. The molecule has 5 nitrogen and oxygen atoms in total. The van der Waals surface area contributed by atoms with Crippen LogP contribution in [0.5, 0.6) is 28.7 Å². The van der Waals surface area contributed by atoms with Gasteiger partial charge in [0.05, 0.1) is 21.3 Å². The number of methoxy groups -OCH3 is 3. The van der Waals surface area contributed by atoms with Gasteiger partial charge in [-0.2, -0.15) is 0 Å². The second-order valence-electron chi connectivity index (χ2n) is 4.04. The van der Waals surface area contributed by atoms with E-state index in [0.29, 0.717) is 34.4 Å².